The smallest absolute Gasteiger partial charge is 0.279 e. The Bertz CT molecular complexity index is 29.9. The Morgan fingerprint density at radius 3 is 1.80 bits per heavy atom. The lowest BCUT2D eigenvalue weighted by molar-refractivity contribution is -0.672. The number of nitrogens with zero attached hydrogens (tertiary/aromatic N) is 1. The monoisotopic (exact) mass is 83.0 g/mol. The van der Waals surface area contributed by atoms with E-state index in [1.165, 1.54) is 0 Å². The molecule has 0 saturated heterocycles. The van der Waals surface area contributed by atoms with E-state index in [9.17, 15) is 4.48 Å². The first-order valence-corrected chi connectivity index (χ1v) is 0.534. The van der Waals surface area contributed by atoms with Crippen LogP contribution in [0.25, 0.3) is 0 Å². The minimum absolute atomic E-state index is 0. The van der Waals surface area contributed by atoms with Gasteiger partial charge in [0.05, 0.1) is 0 Å². The van der Waals surface area contributed by atoms with Gasteiger partial charge in [0.15, 0.2) is 4.48 Å². The van der Waals surface area contributed by atoms with E-state index in [1.54, 1.807) is 0 Å². The third-order valence-electron chi connectivity index (χ3n) is 0. The summed E-state index contributed by atoms with van der Waals surface area (Å²) >= 11 is 0. The van der Waals surface area contributed by atoms with Crippen molar-refractivity contribution in [3.63, 3.8) is 0 Å². The van der Waals surface area contributed by atoms with Crippen LogP contribution in [0.2, 0.25) is 0 Å². The molecule has 0 saturated carbocycles. The van der Waals surface area contributed by atoms with Crippen molar-refractivity contribution in [1.82, 2.24) is 0 Å². The van der Waals surface area contributed by atoms with Crippen LogP contribution in [-0.4, -0.2) is 10.6 Å². The molecule has 0 rings (SSSR count). The molecule has 0 heterocycles. The molecule has 0 radical (unpaired) electrons. The van der Waals surface area contributed by atoms with E-state index >= 15 is 0 Å². The van der Waals surface area contributed by atoms with Gasteiger partial charge in [-0.2, -0.15) is 0 Å². The highest BCUT2D eigenvalue weighted by Crippen LogP contribution is 1.54. The standard InChI is InChI=1S/FNO2.H2O/c1-2(3)4;/h;1H2. The van der Waals surface area contributed by atoms with E-state index in [0.29, 0.717) is 0 Å². The summed E-state index contributed by atoms with van der Waals surface area (Å²) < 4.78 is 9.72. The molecule has 0 fully saturated rings. The first-order chi connectivity index (χ1) is 1.73. The molecule has 2 N–H and O–H groups in total. The highest BCUT2D eigenvalue weighted by molar-refractivity contribution is 3.84. The summed E-state index contributed by atoms with van der Waals surface area (Å²) in [7, 11) is 0. The van der Waals surface area contributed by atoms with E-state index in [-0.39, 0.29) is 5.48 Å². The van der Waals surface area contributed by atoms with Gasteiger partial charge in [0, 0.05) is 0 Å². The zero-order valence-electron chi connectivity index (χ0n) is 2.14. The largest absolute Gasteiger partial charge is 0.412 e. The molecular weight excluding hydrogens is 81.0 g/mol. The first-order valence-electron chi connectivity index (χ1n) is 0.534. The Morgan fingerprint density at radius 1 is 1.80 bits per heavy atom. The van der Waals surface area contributed by atoms with Crippen molar-refractivity contribution in [1.29, 1.82) is 0 Å². The molecule has 0 aliphatic carbocycles. The molecule has 0 atom stereocenters. The van der Waals surface area contributed by atoms with Crippen molar-refractivity contribution < 1.29 is 15.1 Å². The summed E-state index contributed by atoms with van der Waals surface area (Å²) in [4.78, 5) is 8.14. The second kappa shape index (κ2) is 3.29. The quantitative estimate of drug-likeness (QED) is 0.221. The second-order valence-electron chi connectivity index (χ2n) is 0.213. The third-order valence-corrected chi connectivity index (χ3v) is 0. The highest BCUT2D eigenvalue weighted by atomic mass is 19.2. The number of hydrogen-bond acceptors (Lipinski definition) is 2. The lowest BCUT2D eigenvalue weighted by Crippen LogP contribution is -1.69. The minimum atomic E-state index is -2.00. The van der Waals surface area contributed by atoms with E-state index in [4.69, 9.17) is 10.1 Å². The van der Waals surface area contributed by atoms with Crippen molar-refractivity contribution in [2.24, 2.45) is 0 Å². The molecule has 0 aromatic heterocycles. The van der Waals surface area contributed by atoms with Crippen LogP contribution < -0.4 is 0 Å². The van der Waals surface area contributed by atoms with Gasteiger partial charge in [0.1, 0.15) is 0 Å². The van der Waals surface area contributed by atoms with E-state index in [0.717, 1.165) is 0 Å². The number of halogens is 1. The van der Waals surface area contributed by atoms with Gasteiger partial charge in [-0.3, -0.25) is 0 Å². The van der Waals surface area contributed by atoms with E-state index in [2.05, 4.69) is 0 Å². The molecule has 0 bridgehead atoms. The van der Waals surface area contributed by atoms with E-state index in [1.807, 2.05) is 0 Å². The molecule has 5 heavy (non-hydrogen) atoms. The molecular formula is H2FNO3. The predicted molar refractivity (Wildman–Crippen MR) is 11.7 cm³/mol. The van der Waals surface area contributed by atoms with Gasteiger partial charge < -0.3 is 5.48 Å². The fourth-order valence-corrected chi connectivity index (χ4v) is 0. The Kier molecular flexibility index (Phi) is 5.83. The van der Waals surface area contributed by atoms with Crippen molar-refractivity contribution >= 4 is 0 Å². The Hall–Kier alpha value is -0.710. The number of rotatable bonds is 0. The van der Waals surface area contributed by atoms with Gasteiger partial charge in [-0.1, -0.05) is 0 Å². The second-order valence-corrected chi connectivity index (χ2v) is 0.213. The zero-order chi connectivity index (χ0) is 3.58. The summed E-state index contributed by atoms with van der Waals surface area (Å²) in [6, 6.07) is 0. The molecule has 0 aromatic rings. The fraction of sp³-hybridized carbons (Fsp3) is 0. The maximum atomic E-state index is 9.72. The normalized spacial score (nSPS) is 5.00. The molecule has 0 spiro atoms. The van der Waals surface area contributed by atoms with Crippen LogP contribution in [0.5, 0.6) is 0 Å². The summed E-state index contributed by atoms with van der Waals surface area (Å²) in [5, 5.41) is 6.14. The average molecular weight is 83.0 g/mol. The SMILES string of the molecule is O.O=[N+]([O-])F. The van der Waals surface area contributed by atoms with Gasteiger partial charge in [-0.15, -0.1) is 0 Å². The maximum absolute atomic E-state index is 9.72. The van der Waals surface area contributed by atoms with Gasteiger partial charge in [0.25, 0.3) is 5.15 Å². The molecule has 5 heteroatoms. The Morgan fingerprint density at radius 2 is 1.80 bits per heavy atom. The lowest BCUT2D eigenvalue weighted by atomic mass is 13.3. The van der Waals surface area contributed by atoms with E-state index < -0.39 is 5.15 Å². The summed E-state index contributed by atoms with van der Waals surface area (Å²) in [5.41, 5.74) is 0. The van der Waals surface area contributed by atoms with Gasteiger partial charge in [0.2, 0.25) is 0 Å². The molecule has 32 valence electrons. The van der Waals surface area contributed by atoms with Crippen LogP contribution in [-0.2, 0) is 0 Å². The lowest BCUT2D eigenvalue weighted by Gasteiger charge is -1.50. The van der Waals surface area contributed by atoms with Gasteiger partial charge in [-0.05, 0) is 0 Å². The first kappa shape index (κ1) is 8.85. The summed E-state index contributed by atoms with van der Waals surface area (Å²) in [6.45, 7) is 0. The molecule has 0 unspecified atom stereocenters. The van der Waals surface area contributed by atoms with Gasteiger partial charge >= 0.3 is 0 Å². The minimum Gasteiger partial charge on any atom is -0.412 e. The topological polar surface area (TPSA) is 74.6 Å². The molecule has 4 nitrogen and oxygen atoms in total. The summed E-state index contributed by atoms with van der Waals surface area (Å²) in [5.74, 6) is 0. The number of nitro groups is 1. The molecule has 0 aromatic carbocycles. The predicted octanol–water partition coefficient (Wildman–Crippen LogP) is -0.677. The van der Waals surface area contributed by atoms with Crippen molar-refractivity contribution in [3.8, 4) is 0 Å². The third kappa shape index (κ3) is 10.9. The van der Waals surface area contributed by atoms with Crippen LogP contribution >= 0.6 is 0 Å². The average Bonchev–Trinajstić information content (AvgIpc) is 0.811. The van der Waals surface area contributed by atoms with Crippen LogP contribution in [0.1, 0.15) is 0 Å². The molecule has 0 aliphatic rings. The number of hydrogen-bond donors (Lipinski definition) is 0. The maximum Gasteiger partial charge on any atom is 0.279 e. The highest BCUT2D eigenvalue weighted by Gasteiger charge is 1.71. The Labute approximate surface area is 26.6 Å². The van der Waals surface area contributed by atoms with Crippen molar-refractivity contribution in [2.75, 3.05) is 0 Å². The Balaban J connectivity index is 0. The summed E-state index contributed by atoms with van der Waals surface area (Å²) in [6.07, 6.45) is 0. The zero-order valence-corrected chi connectivity index (χ0v) is 2.14. The molecule has 0 amide bonds. The fourth-order valence-electron chi connectivity index (χ4n) is 0. The van der Waals surface area contributed by atoms with Crippen LogP contribution in [0.4, 0.5) is 4.48 Å². The van der Waals surface area contributed by atoms with Crippen molar-refractivity contribution in [3.05, 3.63) is 10.1 Å². The van der Waals surface area contributed by atoms with Crippen molar-refractivity contribution in [2.45, 2.75) is 0 Å². The van der Waals surface area contributed by atoms with Crippen LogP contribution in [0, 0.1) is 10.1 Å². The van der Waals surface area contributed by atoms with Crippen LogP contribution in [0.15, 0.2) is 0 Å². The molecule has 0 aliphatic heterocycles. The van der Waals surface area contributed by atoms with Gasteiger partial charge in [-0.25, -0.2) is 10.1 Å². The van der Waals surface area contributed by atoms with Crippen LogP contribution in [0.3, 0.4) is 0 Å².